The molecule has 1 saturated carbocycles. The van der Waals surface area contributed by atoms with Crippen LogP contribution in [0.25, 0.3) is 0 Å². The van der Waals surface area contributed by atoms with Gasteiger partial charge in [0, 0.05) is 11.9 Å². The molecule has 1 heterocycles. The van der Waals surface area contributed by atoms with Crippen LogP contribution in [-0.4, -0.2) is 30.2 Å². The predicted octanol–water partition coefficient (Wildman–Crippen LogP) is 1.76. The van der Waals surface area contributed by atoms with E-state index in [1.54, 1.807) is 11.9 Å². The fourth-order valence-electron chi connectivity index (χ4n) is 2.52. The number of hydrogen-bond donors (Lipinski definition) is 0. The number of rotatable bonds is 0. The molecule has 3 rings (SSSR count). The molecule has 0 unspecified atom stereocenters. The molecule has 1 fully saturated rings. The highest BCUT2D eigenvalue weighted by Gasteiger charge is 2.53. The van der Waals surface area contributed by atoms with Crippen LogP contribution in [0, 0.1) is 5.41 Å². The number of carbonyl (C=O) groups is 4. The molecule has 0 saturated heterocycles. The van der Waals surface area contributed by atoms with Crippen LogP contribution < -0.4 is 4.90 Å². The van der Waals surface area contributed by atoms with Crippen molar-refractivity contribution in [2.45, 2.75) is 18.7 Å². The molecular formula is C16H13NO4S. The summed E-state index contributed by atoms with van der Waals surface area (Å²) in [7, 11) is 1.70. The van der Waals surface area contributed by atoms with Gasteiger partial charge in [-0.2, -0.15) is 0 Å². The van der Waals surface area contributed by atoms with E-state index in [-0.39, 0.29) is 5.57 Å². The lowest BCUT2D eigenvalue weighted by atomic mass is 9.72. The number of thioether (sulfide) groups is 1. The molecule has 0 N–H and O–H groups in total. The van der Waals surface area contributed by atoms with Gasteiger partial charge < -0.3 is 4.90 Å². The lowest BCUT2D eigenvalue weighted by Crippen LogP contribution is -2.50. The summed E-state index contributed by atoms with van der Waals surface area (Å²) in [6.07, 6.45) is 0. The van der Waals surface area contributed by atoms with Crippen LogP contribution in [0.4, 0.5) is 5.69 Å². The number of fused-ring (bicyclic) bond motifs is 1. The third-order valence-corrected chi connectivity index (χ3v) is 5.19. The van der Waals surface area contributed by atoms with Gasteiger partial charge in [0.25, 0.3) is 0 Å². The van der Waals surface area contributed by atoms with E-state index in [0.717, 1.165) is 10.6 Å². The number of Topliss-reactive ketones (excluding diaryl/α,β-unsaturated/α-hetero) is 4. The van der Waals surface area contributed by atoms with Crippen molar-refractivity contribution in [1.29, 1.82) is 0 Å². The first-order valence-electron chi connectivity index (χ1n) is 6.70. The van der Waals surface area contributed by atoms with Crippen LogP contribution in [0.1, 0.15) is 13.8 Å². The van der Waals surface area contributed by atoms with Crippen LogP contribution >= 0.6 is 11.8 Å². The van der Waals surface area contributed by atoms with Gasteiger partial charge in [0.15, 0.2) is 0 Å². The summed E-state index contributed by atoms with van der Waals surface area (Å²) in [4.78, 5) is 51.6. The Morgan fingerprint density at radius 3 is 2.05 bits per heavy atom. The first kappa shape index (κ1) is 14.7. The molecule has 0 aromatic heterocycles. The molecule has 5 nitrogen and oxygen atoms in total. The summed E-state index contributed by atoms with van der Waals surface area (Å²) in [5, 5.41) is 0.341. The average Bonchev–Trinajstić information content (AvgIpc) is 2.82. The second-order valence-electron chi connectivity index (χ2n) is 5.75. The summed E-state index contributed by atoms with van der Waals surface area (Å²) in [5.74, 6) is -3.41. The first-order valence-corrected chi connectivity index (χ1v) is 7.51. The number of carbonyl (C=O) groups excluding carboxylic acids is 4. The molecule has 112 valence electrons. The first-order chi connectivity index (χ1) is 10.3. The number of hydrogen-bond acceptors (Lipinski definition) is 6. The summed E-state index contributed by atoms with van der Waals surface area (Å²) >= 11 is 1.22. The van der Waals surface area contributed by atoms with E-state index in [2.05, 4.69) is 0 Å². The summed E-state index contributed by atoms with van der Waals surface area (Å²) < 4.78 is 0. The van der Waals surface area contributed by atoms with E-state index in [1.165, 1.54) is 25.6 Å². The van der Waals surface area contributed by atoms with Gasteiger partial charge in [0.1, 0.15) is 5.57 Å². The van der Waals surface area contributed by atoms with Crippen molar-refractivity contribution in [3.05, 3.63) is 34.9 Å². The van der Waals surface area contributed by atoms with Crippen LogP contribution in [-0.2, 0) is 19.2 Å². The van der Waals surface area contributed by atoms with Gasteiger partial charge in [-0.3, -0.25) is 19.2 Å². The quantitative estimate of drug-likeness (QED) is 0.314. The van der Waals surface area contributed by atoms with Crippen LogP contribution in [0.15, 0.2) is 39.8 Å². The molecule has 6 heteroatoms. The zero-order valence-electron chi connectivity index (χ0n) is 12.3. The largest absolute Gasteiger partial charge is 0.337 e. The maximum atomic E-state index is 12.4. The van der Waals surface area contributed by atoms with Gasteiger partial charge in [-0.25, -0.2) is 0 Å². The average molecular weight is 315 g/mol. The Hall–Kier alpha value is -2.21. The van der Waals surface area contributed by atoms with Crippen molar-refractivity contribution in [3.8, 4) is 0 Å². The second-order valence-corrected chi connectivity index (χ2v) is 6.78. The van der Waals surface area contributed by atoms with Crippen molar-refractivity contribution in [2.24, 2.45) is 5.41 Å². The van der Waals surface area contributed by atoms with Gasteiger partial charge in [0.2, 0.25) is 23.1 Å². The Labute approximate surface area is 131 Å². The van der Waals surface area contributed by atoms with Crippen LogP contribution in [0.2, 0.25) is 0 Å². The Bertz CT molecular complexity index is 759. The molecule has 1 aliphatic heterocycles. The molecule has 1 aliphatic carbocycles. The highest BCUT2D eigenvalue weighted by molar-refractivity contribution is 8.03. The molecule has 2 aliphatic rings. The van der Waals surface area contributed by atoms with Crippen molar-refractivity contribution in [3.63, 3.8) is 0 Å². The topological polar surface area (TPSA) is 71.5 Å². The fourth-order valence-corrected chi connectivity index (χ4v) is 3.70. The predicted molar refractivity (Wildman–Crippen MR) is 81.5 cm³/mol. The zero-order chi connectivity index (χ0) is 16.2. The van der Waals surface area contributed by atoms with E-state index >= 15 is 0 Å². The van der Waals surface area contributed by atoms with E-state index in [4.69, 9.17) is 0 Å². The standard InChI is InChI=1S/C16H13NO4S/c1-16(2)13(20)11(18)10(12(19)14(16)21)15-17(3)8-6-4-5-7-9(8)22-15/h4-7H,1-3H3. The molecule has 0 amide bonds. The fraction of sp³-hybridized carbons (Fsp3) is 0.250. The number of nitrogens with zero attached hydrogens (tertiary/aromatic N) is 1. The third-order valence-electron chi connectivity index (χ3n) is 3.95. The maximum Gasteiger partial charge on any atom is 0.236 e. The number of benzene rings is 1. The molecule has 0 bridgehead atoms. The van der Waals surface area contributed by atoms with Gasteiger partial charge in [-0.05, 0) is 26.0 Å². The van der Waals surface area contributed by atoms with Crippen LogP contribution in [0.5, 0.6) is 0 Å². The minimum absolute atomic E-state index is 0.307. The van der Waals surface area contributed by atoms with E-state index < -0.39 is 28.5 Å². The van der Waals surface area contributed by atoms with E-state index in [0.29, 0.717) is 5.03 Å². The van der Waals surface area contributed by atoms with Gasteiger partial charge in [0.05, 0.1) is 16.1 Å². The highest BCUT2D eigenvalue weighted by Crippen LogP contribution is 2.47. The Kier molecular flexibility index (Phi) is 3.11. The van der Waals surface area contributed by atoms with E-state index in [9.17, 15) is 19.2 Å². The molecule has 1 aromatic carbocycles. The van der Waals surface area contributed by atoms with Crippen molar-refractivity contribution in [2.75, 3.05) is 11.9 Å². The maximum absolute atomic E-state index is 12.4. The third kappa shape index (κ3) is 1.80. The second kappa shape index (κ2) is 4.64. The number of ketones is 4. The number of allylic oxidation sites excluding steroid dienone is 1. The summed E-state index contributed by atoms with van der Waals surface area (Å²) in [6.45, 7) is 2.63. The lowest BCUT2D eigenvalue weighted by molar-refractivity contribution is -0.152. The molecule has 22 heavy (non-hydrogen) atoms. The van der Waals surface area contributed by atoms with Crippen LogP contribution in [0.3, 0.4) is 0 Å². The summed E-state index contributed by atoms with van der Waals surface area (Å²) in [5.41, 5.74) is -1.05. The highest BCUT2D eigenvalue weighted by atomic mass is 32.2. The molecule has 1 aromatic rings. The SMILES string of the molecule is CN1C(=C2C(=O)C(=O)C(C)(C)C(=O)C2=O)Sc2ccccc21. The Morgan fingerprint density at radius 2 is 1.50 bits per heavy atom. The molecule has 0 radical (unpaired) electrons. The van der Waals surface area contributed by atoms with Gasteiger partial charge in [-0.1, -0.05) is 23.9 Å². The van der Waals surface area contributed by atoms with E-state index in [1.807, 2.05) is 24.3 Å². The molecule has 0 spiro atoms. The number of anilines is 1. The molecular weight excluding hydrogens is 302 g/mol. The monoisotopic (exact) mass is 315 g/mol. The summed E-state index contributed by atoms with van der Waals surface area (Å²) in [6, 6.07) is 7.39. The smallest absolute Gasteiger partial charge is 0.236 e. The minimum atomic E-state index is -1.58. The Balaban J connectivity index is 2.17. The normalized spacial score (nSPS) is 20.8. The minimum Gasteiger partial charge on any atom is -0.337 e. The molecule has 0 atom stereocenters. The van der Waals surface area contributed by atoms with Gasteiger partial charge in [-0.15, -0.1) is 0 Å². The van der Waals surface area contributed by atoms with Crippen molar-refractivity contribution >= 4 is 40.6 Å². The van der Waals surface area contributed by atoms with Gasteiger partial charge >= 0.3 is 0 Å². The number of para-hydroxylation sites is 1. The van der Waals surface area contributed by atoms with Crippen molar-refractivity contribution < 1.29 is 19.2 Å². The van der Waals surface area contributed by atoms with Crippen molar-refractivity contribution in [1.82, 2.24) is 0 Å². The lowest BCUT2D eigenvalue weighted by Gasteiger charge is -2.27. The zero-order valence-corrected chi connectivity index (χ0v) is 13.1. The Morgan fingerprint density at radius 1 is 0.955 bits per heavy atom.